The molecule has 2 N–H and O–H groups in total. The Morgan fingerprint density at radius 2 is 2.32 bits per heavy atom. The van der Waals surface area contributed by atoms with Crippen LogP contribution in [0.15, 0.2) is 0 Å². The van der Waals surface area contributed by atoms with Crippen LogP contribution in [0.5, 0.6) is 0 Å². The number of amides is 2. The van der Waals surface area contributed by atoms with Crippen molar-refractivity contribution >= 4 is 17.4 Å². The minimum atomic E-state index is -0.107. The van der Waals surface area contributed by atoms with E-state index in [2.05, 4.69) is 20.5 Å². The molecule has 1 atom stereocenters. The molecule has 0 unspecified atom stereocenters. The zero-order chi connectivity index (χ0) is 15.9. The number of urea groups is 1. The number of carbonyl (C=O) groups excluding carboxylic acids is 1. The lowest BCUT2D eigenvalue weighted by Gasteiger charge is -2.32. The zero-order valence-corrected chi connectivity index (χ0v) is 14.5. The second kappa shape index (κ2) is 8.45. The number of ether oxygens (including phenoxy) is 1. The first-order valence-electron chi connectivity index (χ1n) is 7.77. The van der Waals surface area contributed by atoms with Gasteiger partial charge in [0, 0.05) is 31.1 Å². The molecule has 124 valence electrons. The number of hydrogen-bond donors (Lipinski definition) is 2. The third-order valence-corrected chi connectivity index (χ3v) is 5.00. The molecule has 1 aliphatic rings. The number of nitrogens with one attached hydrogen (secondary N) is 2. The molecular formula is C15H26N4O2S. The first-order chi connectivity index (χ1) is 10.6. The van der Waals surface area contributed by atoms with Gasteiger partial charge in [-0.15, -0.1) is 11.3 Å². The molecular weight excluding hydrogens is 300 g/mol. The van der Waals surface area contributed by atoms with Crippen molar-refractivity contribution in [2.24, 2.45) is 0 Å². The van der Waals surface area contributed by atoms with Crippen LogP contribution in [0.2, 0.25) is 0 Å². The van der Waals surface area contributed by atoms with Gasteiger partial charge >= 0.3 is 6.03 Å². The summed E-state index contributed by atoms with van der Waals surface area (Å²) in [5.41, 5.74) is 1.04. The fraction of sp³-hybridized carbons (Fsp3) is 0.733. The van der Waals surface area contributed by atoms with Crippen LogP contribution in [0.25, 0.3) is 0 Å². The summed E-state index contributed by atoms with van der Waals surface area (Å²) in [7, 11) is 1.72. The van der Waals surface area contributed by atoms with Gasteiger partial charge in [-0.2, -0.15) is 0 Å². The average molecular weight is 326 g/mol. The predicted octanol–water partition coefficient (Wildman–Crippen LogP) is 1.67. The monoisotopic (exact) mass is 326 g/mol. The maximum absolute atomic E-state index is 12.0. The summed E-state index contributed by atoms with van der Waals surface area (Å²) >= 11 is 1.64. The van der Waals surface area contributed by atoms with Gasteiger partial charge in [0.2, 0.25) is 0 Å². The topological polar surface area (TPSA) is 66.5 Å². The molecule has 0 saturated carbocycles. The number of aromatic nitrogens is 1. The summed E-state index contributed by atoms with van der Waals surface area (Å²) < 4.78 is 5.11. The van der Waals surface area contributed by atoms with E-state index < -0.39 is 0 Å². The van der Waals surface area contributed by atoms with Gasteiger partial charge in [-0.3, -0.25) is 4.90 Å². The van der Waals surface area contributed by atoms with E-state index in [-0.39, 0.29) is 12.1 Å². The Morgan fingerprint density at radius 3 is 3.00 bits per heavy atom. The van der Waals surface area contributed by atoms with Crippen molar-refractivity contribution in [3.63, 3.8) is 0 Å². The quantitative estimate of drug-likeness (QED) is 0.834. The molecule has 1 aromatic heterocycles. The Hall–Kier alpha value is -1.18. The number of thiazole rings is 1. The van der Waals surface area contributed by atoms with Crippen LogP contribution < -0.4 is 10.6 Å². The molecule has 22 heavy (non-hydrogen) atoms. The molecule has 1 aliphatic heterocycles. The second-order valence-corrected chi connectivity index (χ2v) is 7.00. The Labute approximate surface area is 136 Å². The standard InChI is InChI=1S/C15H26N4O2S/c1-11-12(2)22-14(17-11)9-16-15(20)18-13-5-4-6-19(10-13)7-8-21-3/h13H,4-10H2,1-3H3,(H2,16,18,20)/t13-/m0/s1. The van der Waals surface area contributed by atoms with E-state index in [1.807, 2.05) is 13.8 Å². The third-order valence-electron chi connectivity index (χ3n) is 3.93. The van der Waals surface area contributed by atoms with Crippen LogP contribution in [-0.2, 0) is 11.3 Å². The van der Waals surface area contributed by atoms with Crippen molar-refractivity contribution in [1.29, 1.82) is 0 Å². The van der Waals surface area contributed by atoms with Crippen LogP contribution in [0.1, 0.15) is 28.4 Å². The third kappa shape index (κ3) is 5.23. The number of aryl methyl sites for hydroxylation is 2. The van der Waals surface area contributed by atoms with E-state index in [4.69, 9.17) is 4.74 Å². The van der Waals surface area contributed by atoms with Gasteiger partial charge in [0.1, 0.15) is 5.01 Å². The second-order valence-electron chi connectivity index (χ2n) is 5.71. The fourth-order valence-corrected chi connectivity index (χ4v) is 3.48. The number of methoxy groups -OCH3 is 1. The number of hydrogen-bond acceptors (Lipinski definition) is 5. The first-order valence-corrected chi connectivity index (χ1v) is 8.58. The van der Waals surface area contributed by atoms with E-state index >= 15 is 0 Å². The highest BCUT2D eigenvalue weighted by Gasteiger charge is 2.21. The lowest BCUT2D eigenvalue weighted by Crippen LogP contribution is -2.50. The molecule has 1 saturated heterocycles. The number of likely N-dealkylation sites (tertiary alicyclic amines) is 1. The van der Waals surface area contributed by atoms with Crippen molar-refractivity contribution < 1.29 is 9.53 Å². The lowest BCUT2D eigenvalue weighted by molar-refractivity contribution is 0.123. The molecule has 1 aromatic rings. The minimum absolute atomic E-state index is 0.107. The molecule has 7 heteroatoms. The Kier molecular flexibility index (Phi) is 6.60. The van der Waals surface area contributed by atoms with Gasteiger partial charge in [0.25, 0.3) is 0 Å². The summed E-state index contributed by atoms with van der Waals surface area (Å²) in [4.78, 5) is 20.0. The SMILES string of the molecule is COCCN1CCC[C@H](NC(=O)NCc2nc(C)c(C)s2)C1. The van der Waals surface area contributed by atoms with E-state index in [0.29, 0.717) is 6.54 Å². The molecule has 0 aromatic carbocycles. The van der Waals surface area contributed by atoms with Gasteiger partial charge < -0.3 is 15.4 Å². The Balaban J connectivity index is 1.72. The number of carbonyl (C=O) groups is 1. The number of nitrogens with zero attached hydrogens (tertiary/aromatic N) is 2. The highest BCUT2D eigenvalue weighted by atomic mass is 32.1. The van der Waals surface area contributed by atoms with Crippen LogP contribution in [0.4, 0.5) is 4.79 Å². The summed E-state index contributed by atoms with van der Waals surface area (Å²) in [5, 5.41) is 6.91. The van der Waals surface area contributed by atoms with E-state index in [1.54, 1.807) is 18.4 Å². The number of rotatable bonds is 6. The van der Waals surface area contributed by atoms with E-state index in [9.17, 15) is 4.79 Å². The van der Waals surface area contributed by atoms with Crippen LogP contribution in [0.3, 0.4) is 0 Å². The van der Waals surface area contributed by atoms with Crippen LogP contribution in [-0.4, -0.2) is 55.3 Å². The fourth-order valence-electron chi connectivity index (χ4n) is 2.60. The van der Waals surface area contributed by atoms with Crippen LogP contribution >= 0.6 is 11.3 Å². The first kappa shape index (κ1) is 17.2. The van der Waals surface area contributed by atoms with Gasteiger partial charge in [-0.25, -0.2) is 9.78 Å². The molecule has 2 heterocycles. The van der Waals surface area contributed by atoms with Crippen molar-refractivity contribution in [2.45, 2.75) is 39.3 Å². The van der Waals surface area contributed by atoms with Crippen molar-refractivity contribution in [3.8, 4) is 0 Å². The largest absolute Gasteiger partial charge is 0.383 e. The summed E-state index contributed by atoms with van der Waals surface area (Å²) in [5.74, 6) is 0. The number of piperidine rings is 1. The van der Waals surface area contributed by atoms with E-state index in [0.717, 1.165) is 49.8 Å². The normalized spacial score (nSPS) is 19.1. The van der Waals surface area contributed by atoms with E-state index in [1.165, 1.54) is 4.88 Å². The summed E-state index contributed by atoms with van der Waals surface area (Å²) in [6, 6.07) is 0.106. The molecule has 2 rings (SSSR count). The smallest absolute Gasteiger partial charge is 0.315 e. The molecule has 0 radical (unpaired) electrons. The molecule has 6 nitrogen and oxygen atoms in total. The van der Waals surface area contributed by atoms with Crippen molar-refractivity contribution in [1.82, 2.24) is 20.5 Å². The van der Waals surface area contributed by atoms with Gasteiger partial charge in [0.15, 0.2) is 0 Å². The summed E-state index contributed by atoms with van der Waals surface area (Å²) in [6.45, 7) is 8.17. The Bertz CT molecular complexity index is 472. The lowest BCUT2D eigenvalue weighted by atomic mass is 10.1. The van der Waals surface area contributed by atoms with Gasteiger partial charge in [0.05, 0.1) is 18.8 Å². The Morgan fingerprint density at radius 1 is 1.50 bits per heavy atom. The summed E-state index contributed by atoms with van der Waals surface area (Å²) in [6.07, 6.45) is 2.14. The maximum Gasteiger partial charge on any atom is 0.315 e. The van der Waals surface area contributed by atoms with Crippen molar-refractivity contribution in [3.05, 3.63) is 15.6 Å². The maximum atomic E-state index is 12.0. The predicted molar refractivity (Wildman–Crippen MR) is 88.3 cm³/mol. The molecule has 0 spiro atoms. The zero-order valence-electron chi connectivity index (χ0n) is 13.6. The van der Waals surface area contributed by atoms with Crippen molar-refractivity contribution in [2.75, 3.05) is 33.4 Å². The highest BCUT2D eigenvalue weighted by molar-refractivity contribution is 7.11. The average Bonchev–Trinajstić information content (AvgIpc) is 2.82. The minimum Gasteiger partial charge on any atom is -0.383 e. The molecule has 1 fully saturated rings. The van der Waals surface area contributed by atoms with Gasteiger partial charge in [-0.1, -0.05) is 0 Å². The molecule has 0 aliphatic carbocycles. The molecule has 2 amide bonds. The van der Waals surface area contributed by atoms with Crippen LogP contribution in [0, 0.1) is 13.8 Å². The van der Waals surface area contributed by atoms with Gasteiger partial charge in [-0.05, 0) is 33.2 Å². The highest BCUT2D eigenvalue weighted by Crippen LogP contribution is 2.16. The molecule has 0 bridgehead atoms.